The number of carbonyl (C=O) groups excluding carboxylic acids is 2. The molecule has 0 saturated carbocycles. The molecule has 0 spiro atoms. The van der Waals surface area contributed by atoms with Gasteiger partial charge in [-0.15, -0.1) is 0 Å². The number of hydrazine groups is 1. The number of aromatic nitrogens is 1. The van der Waals surface area contributed by atoms with Crippen molar-refractivity contribution < 1.29 is 14.0 Å². The summed E-state index contributed by atoms with van der Waals surface area (Å²) in [7, 11) is 0. The summed E-state index contributed by atoms with van der Waals surface area (Å²) >= 11 is 5.87. The summed E-state index contributed by atoms with van der Waals surface area (Å²) in [4.78, 5) is 36.1. The van der Waals surface area contributed by atoms with E-state index >= 15 is 0 Å². The zero-order chi connectivity index (χ0) is 19.6. The second kappa shape index (κ2) is 7.67. The van der Waals surface area contributed by atoms with Gasteiger partial charge < -0.3 is 4.42 Å². The van der Waals surface area contributed by atoms with Gasteiger partial charge in [0.15, 0.2) is 5.58 Å². The van der Waals surface area contributed by atoms with Crippen LogP contribution in [0.4, 0.5) is 0 Å². The third-order valence-corrected chi connectivity index (χ3v) is 4.37. The number of aryl methyl sites for hydroxylation is 3. The fourth-order valence-electron chi connectivity index (χ4n) is 2.79. The van der Waals surface area contributed by atoms with E-state index in [1.54, 1.807) is 24.3 Å². The number of rotatable bonds is 4. The molecular weight excluding hydrogens is 370 g/mol. The maximum absolute atomic E-state index is 12.2. The van der Waals surface area contributed by atoms with Gasteiger partial charge in [-0.25, -0.2) is 4.79 Å². The van der Waals surface area contributed by atoms with Crippen LogP contribution in [-0.4, -0.2) is 16.4 Å². The normalized spacial score (nSPS) is 10.8. The molecule has 1 aromatic heterocycles. The summed E-state index contributed by atoms with van der Waals surface area (Å²) in [6.07, 6.45) is -0.00960. The predicted octanol–water partition coefficient (Wildman–Crippen LogP) is 2.72. The molecule has 0 aliphatic heterocycles. The van der Waals surface area contributed by atoms with E-state index in [0.717, 1.165) is 11.1 Å². The Morgan fingerprint density at radius 2 is 1.89 bits per heavy atom. The van der Waals surface area contributed by atoms with Gasteiger partial charge in [-0.1, -0.05) is 29.3 Å². The molecule has 3 aromatic rings. The van der Waals surface area contributed by atoms with Gasteiger partial charge in [0.1, 0.15) is 0 Å². The molecule has 0 aliphatic rings. The van der Waals surface area contributed by atoms with Crippen LogP contribution in [0.1, 0.15) is 27.9 Å². The third kappa shape index (κ3) is 4.20. The third-order valence-electron chi connectivity index (χ3n) is 4.13. The highest BCUT2D eigenvalue weighted by Crippen LogP contribution is 2.18. The van der Waals surface area contributed by atoms with E-state index in [0.29, 0.717) is 21.7 Å². The highest BCUT2D eigenvalue weighted by Gasteiger charge is 2.13. The second-order valence-corrected chi connectivity index (χ2v) is 6.64. The molecule has 0 unspecified atom stereocenters. The second-order valence-electron chi connectivity index (χ2n) is 6.20. The minimum atomic E-state index is -0.570. The first-order valence-corrected chi connectivity index (χ1v) is 8.68. The van der Waals surface area contributed by atoms with Crippen LogP contribution in [0.5, 0.6) is 0 Å². The Hall–Kier alpha value is -3.06. The largest absolute Gasteiger partial charge is 0.419 e. The van der Waals surface area contributed by atoms with Crippen LogP contribution in [0.2, 0.25) is 5.02 Å². The molecule has 0 aliphatic carbocycles. The van der Waals surface area contributed by atoms with Crippen LogP contribution in [-0.2, 0) is 11.3 Å². The molecule has 1 heterocycles. The summed E-state index contributed by atoms with van der Waals surface area (Å²) in [6, 6.07) is 10.3. The molecule has 8 heteroatoms. The van der Waals surface area contributed by atoms with E-state index in [1.807, 2.05) is 26.0 Å². The van der Waals surface area contributed by atoms with Crippen LogP contribution in [0.15, 0.2) is 45.6 Å². The van der Waals surface area contributed by atoms with E-state index < -0.39 is 17.6 Å². The molecule has 3 rings (SSSR count). The molecule has 27 heavy (non-hydrogen) atoms. The van der Waals surface area contributed by atoms with Crippen LogP contribution >= 0.6 is 11.6 Å². The van der Waals surface area contributed by atoms with Gasteiger partial charge in [0.2, 0.25) is 5.91 Å². The minimum Gasteiger partial charge on any atom is -0.408 e. The Morgan fingerprint density at radius 3 is 2.63 bits per heavy atom. The summed E-state index contributed by atoms with van der Waals surface area (Å²) in [5.41, 5.74) is 7.99. The van der Waals surface area contributed by atoms with E-state index in [9.17, 15) is 14.4 Å². The van der Waals surface area contributed by atoms with Crippen molar-refractivity contribution in [3.05, 3.63) is 68.7 Å². The molecular formula is C19H18ClN3O4. The molecule has 140 valence electrons. The average Bonchev–Trinajstić information content (AvgIpc) is 2.92. The Balaban J connectivity index is 1.60. The first-order valence-electron chi connectivity index (χ1n) is 8.30. The zero-order valence-corrected chi connectivity index (χ0v) is 15.6. The summed E-state index contributed by atoms with van der Waals surface area (Å²) in [5.74, 6) is -1.40. The number of amides is 2. The number of benzene rings is 2. The molecule has 7 nitrogen and oxygen atoms in total. The molecule has 2 N–H and O–H groups in total. The van der Waals surface area contributed by atoms with Crippen molar-refractivity contribution in [3.63, 3.8) is 0 Å². The molecule has 0 fully saturated rings. The van der Waals surface area contributed by atoms with Gasteiger partial charge >= 0.3 is 5.76 Å². The first-order chi connectivity index (χ1) is 12.8. The molecule has 2 amide bonds. The first kappa shape index (κ1) is 18.7. The van der Waals surface area contributed by atoms with Crippen LogP contribution in [0.3, 0.4) is 0 Å². The summed E-state index contributed by atoms with van der Waals surface area (Å²) in [5, 5.41) is 0.454. The van der Waals surface area contributed by atoms with Crippen molar-refractivity contribution in [1.82, 2.24) is 15.4 Å². The SMILES string of the molecule is Cc1ccc(C(=O)NNC(=O)CCn2c(=O)oc3cc(Cl)ccc32)c(C)c1. The minimum absolute atomic E-state index is 0.00960. The number of nitrogens with zero attached hydrogens (tertiary/aromatic N) is 1. The lowest BCUT2D eigenvalue weighted by atomic mass is 10.1. The van der Waals surface area contributed by atoms with Crippen LogP contribution in [0, 0.1) is 13.8 Å². The van der Waals surface area contributed by atoms with Crippen LogP contribution < -0.4 is 16.6 Å². The molecule has 0 bridgehead atoms. The number of oxazole rings is 1. The number of halogens is 1. The van der Waals surface area contributed by atoms with Gasteiger partial charge in [-0.05, 0) is 37.6 Å². The van der Waals surface area contributed by atoms with Gasteiger partial charge in [0, 0.05) is 29.6 Å². The predicted molar refractivity (Wildman–Crippen MR) is 102 cm³/mol. The molecule has 0 radical (unpaired) electrons. The number of nitrogens with one attached hydrogen (secondary N) is 2. The Kier molecular flexibility index (Phi) is 5.32. The highest BCUT2D eigenvalue weighted by atomic mass is 35.5. The fourth-order valence-corrected chi connectivity index (χ4v) is 2.95. The lowest BCUT2D eigenvalue weighted by Crippen LogP contribution is -2.42. The Bertz CT molecular complexity index is 1080. The van der Waals surface area contributed by atoms with Crippen molar-refractivity contribution in [2.75, 3.05) is 0 Å². The highest BCUT2D eigenvalue weighted by molar-refractivity contribution is 6.31. The van der Waals surface area contributed by atoms with Crippen LogP contribution in [0.25, 0.3) is 11.1 Å². The van der Waals surface area contributed by atoms with Crippen molar-refractivity contribution in [3.8, 4) is 0 Å². The average molecular weight is 388 g/mol. The topological polar surface area (TPSA) is 93.3 Å². The Labute approximate surface area is 159 Å². The standard InChI is InChI=1S/C19H18ClN3O4/c1-11-3-5-14(12(2)9-11)18(25)22-21-17(24)7-8-23-15-6-4-13(20)10-16(15)27-19(23)26/h3-6,9-10H,7-8H2,1-2H3,(H,21,24)(H,22,25). The van der Waals surface area contributed by atoms with Gasteiger partial charge in [-0.2, -0.15) is 0 Å². The maximum atomic E-state index is 12.2. The number of hydrogen-bond acceptors (Lipinski definition) is 4. The number of carbonyl (C=O) groups is 2. The number of fused-ring (bicyclic) bond motifs is 1. The van der Waals surface area contributed by atoms with E-state index in [2.05, 4.69) is 10.9 Å². The molecule has 0 saturated heterocycles. The maximum Gasteiger partial charge on any atom is 0.419 e. The lowest BCUT2D eigenvalue weighted by Gasteiger charge is -2.10. The quantitative estimate of drug-likeness (QED) is 0.673. The van der Waals surface area contributed by atoms with Gasteiger partial charge in [0.05, 0.1) is 5.52 Å². The van der Waals surface area contributed by atoms with E-state index in [-0.39, 0.29) is 13.0 Å². The lowest BCUT2D eigenvalue weighted by molar-refractivity contribution is -0.122. The van der Waals surface area contributed by atoms with Crippen molar-refractivity contribution >= 4 is 34.5 Å². The smallest absolute Gasteiger partial charge is 0.408 e. The van der Waals surface area contributed by atoms with Gasteiger partial charge in [-0.3, -0.25) is 25.0 Å². The fraction of sp³-hybridized carbons (Fsp3) is 0.211. The van der Waals surface area contributed by atoms with Crippen molar-refractivity contribution in [1.29, 1.82) is 0 Å². The molecule has 2 aromatic carbocycles. The zero-order valence-electron chi connectivity index (χ0n) is 14.8. The van der Waals surface area contributed by atoms with E-state index in [4.69, 9.17) is 16.0 Å². The van der Waals surface area contributed by atoms with Gasteiger partial charge in [0.25, 0.3) is 5.91 Å². The monoisotopic (exact) mass is 387 g/mol. The summed E-state index contributed by atoms with van der Waals surface area (Å²) < 4.78 is 6.46. The van der Waals surface area contributed by atoms with Crippen molar-refractivity contribution in [2.45, 2.75) is 26.8 Å². The molecule has 0 atom stereocenters. The number of hydrogen-bond donors (Lipinski definition) is 2. The summed E-state index contributed by atoms with van der Waals surface area (Å²) in [6.45, 7) is 3.87. The van der Waals surface area contributed by atoms with Crippen molar-refractivity contribution in [2.24, 2.45) is 0 Å². The van der Waals surface area contributed by atoms with E-state index in [1.165, 1.54) is 4.57 Å². The Morgan fingerprint density at radius 1 is 1.11 bits per heavy atom.